The fourth-order valence-corrected chi connectivity index (χ4v) is 3.88. The molecule has 31 heavy (non-hydrogen) atoms. The Balaban J connectivity index is 1.53. The van der Waals surface area contributed by atoms with Gasteiger partial charge < -0.3 is 15.1 Å². The summed E-state index contributed by atoms with van der Waals surface area (Å²) >= 11 is 1.47. The van der Waals surface area contributed by atoms with E-state index in [4.69, 9.17) is 4.98 Å². The van der Waals surface area contributed by atoms with Gasteiger partial charge in [0.2, 0.25) is 5.91 Å². The number of hydrogen-bond donors (Lipinski definition) is 1. The molecule has 158 valence electrons. The van der Waals surface area contributed by atoms with E-state index in [0.29, 0.717) is 17.4 Å². The Labute approximate surface area is 185 Å². The average Bonchev–Trinajstić information content (AvgIpc) is 3.15. The van der Waals surface area contributed by atoms with Crippen LogP contribution in [0.25, 0.3) is 10.3 Å². The molecule has 0 aliphatic heterocycles. The third-order valence-corrected chi connectivity index (χ3v) is 5.80. The van der Waals surface area contributed by atoms with Gasteiger partial charge in [0, 0.05) is 33.0 Å². The molecule has 0 saturated heterocycles. The minimum atomic E-state index is 0.0477. The van der Waals surface area contributed by atoms with Crippen molar-refractivity contribution in [3.63, 3.8) is 0 Å². The number of likely N-dealkylation sites (N-methyl/N-ethyl adjacent to an activating group) is 1. The van der Waals surface area contributed by atoms with Crippen molar-refractivity contribution in [3.05, 3.63) is 65.9 Å². The molecular weight excluding hydrogens is 408 g/mol. The molecule has 3 heterocycles. The summed E-state index contributed by atoms with van der Waals surface area (Å²) < 4.78 is 0. The fourth-order valence-electron chi connectivity index (χ4n) is 3.04. The largest absolute Gasteiger partial charge is 0.349 e. The maximum atomic E-state index is 12.0. The van der Waals surface area contributed by atoms with Crippen LogP contribution in [0.2, 0.25) is 0 Å². The molecule has 0 aliphatic carbocycles. The molecule has 1 N–H and O–H groups in total. The van der Waals surface area contributed by atoms with Crippen molar-refractivity contribution in [1.82, 2.24) is 19.9 Å². The van der Waals surface area contributed by atoms with E-state index in [0.717, 1.165) is 27.4 Å². The van der Waals surface area contributed by atoms with E-state index < -0.39 is 0 Å². The summed E-state index contributed by atoms with van der Waals surface area (Å²) in [6.07, 6.45) is 2.03. The Morgan fingerprint density at radius 1 is 1.03 bits per heavy atom. The average molecular weight is 433 g/mol. The Kier molecular flexibility index (Phi) is 5.81. The summed E-state index contributed by atoms with van der Waals surface area (Å²) in [6, 6.07) is 16.0. The number of carbonyl (C=O) groups excluding carboxylic acids is 1. The molecule has 0 bridgehead atoms. The number of carbonyl (C=O) groups is 1. The molecule has 7 nitrogen and oxygen atoms in total. The molecular formula is C23H24N6OS. The molecule has 1 amide bonds. The minimum absolute atomic E-state index is 0.0477. The second-order valence-electron chi connectivity index (χ2n) is 7.55. The van der Waals surface area contributed by atoms with E-state index in [1.54, 1.807) is 25.2 Å². The van der Waals surface area contributed by atoms with Crippen LogP contribution in [0.15, 0.2) is 54.7 Å². The van der Waals surface area contributed by atoms with Gasteiger partial charge in [-0.3, -0.25) is 4.79 Å². The van der Waals surface area contributed by atoms with Crippen LogP contribution in [0.3, 0.4) is 0 Å². The number of hydrogen-bond acceptors (Lipinski definition) is 7. The zero-order valence-electron chi connectivity index (χ0n) is 18.0. The highest BCUT2D eigenvalue weighted by Crippen LogP contribution is 2.30. The Hall–Kier alpha value is -3.52. The van der Waals surface area contributed by atoms with Crippen molar-refractivity contribution in [2.45, 2.75) is 13.3 Å². The van der Waals surface area contributed by atoms with Crippen molar-refractivity contribution >= 4 is 50.0 Å². The molecule has 3 aromatic heterocycles. The smallest absolute Gasteiger partial charge is 0.226 e. The lowest BCUT2D eigenvalue weighted by atomic mass is 10.2. The van der Waals surface area contributed by atoms with Gasteiger partial charge in [-0.25, -0.2) is 15.0 Å². The van der Waals surface area contributed by atoms with Gasteiger partial charge in [0.15, 0.2) is 5.13 Å². The van der Waals surface area contributed by atoms with Crippen LogP contribution in [0.1, 0.15) is 11.1 Å². The van der Waals surface area contributed by atoms with Crippen LogP contribution in [-0.2, 0) is 11.2 Å². The van der Waals surface area contributed by atoms with E-state index in [9.17, 15) is 4.79 Å². The molecule has 4 aromatic rings. The second-order valence-corrected chi connectivity index (χ2v) is 8.52. The van der Waals surface area contributed by atoms with Gasteiger partial charge >= 0.3 is 0 Å². The number of pyridine rings is 2. The Bertz CT molecular complexity index is 1220. The highest BCUT2D eigenvalue weighted by molar-refractivity contribution is 7.21. The van der Waals surface area contributed by atoms with Crippen LogP contribution in [-0.4, -0.2) is 46.9 Å². The summed E-state index contributed by atoms with van der Waals surface area (Å²) in [5.74, 6) is 1.56. The number of rotatable bonds is 6. The number of fused-ring (bicyclic) bond motifs is 1. The van der Waals surface area contributed by atoms with Gasteiger partial charge in [0.05, 0.1) is 6.42 Å². The predicted octanol–water partition coefficient (Wildman–Crippen LogP) is 4.54. The van der Waals surface area contributed by atoms with Crippen molar-refractivity contribution in [2.75, 3.05) is 31.4 Å². The lowest BCUT2D eigenvalue weighted by molar-refractivity contribution is -0.127. The summed E-state index contributed by atoms with van der Waals surface area (Å²) in [6.45, 7) is 2.07. The van der Waals surface area contributed by atoms with Crippen molar-refractivity contribution in [3.8, 4) is 0 Å². The number of amides is 1. The summed E-state index contributed by atoms with van der Waals surface area (Å²) in [7, 11) is 5.51. The molecule has 8 heteroatoms. The maximum absolute atomic E-state index is 12.0. The fraction of sp³-hybridized carbons (Fsp3) is 0.217. The molecule has 0 saturated carbocycles. The third kappa shape index (κ3) is 4.80. The first-order valence-electron chi connectivity index (χ1n) is 9.89. The molecule has 0 atom stereocenters. The summed E-state index contributed by atoms with van der Waals surface area (Å²) in [5.41, 5.74) is 4.03. The number of aryl methyl sites for hydroxylation is 1. The lowest BCUT2D eigenvalue weighted by Crippen LogP contribution is -2.23. The van der Waals surface area contributed by atoms with Gasteiger partial charge in [-0.15, -0.1) is 0 Å². The third-order valence-electron chi connectivity index (χ3n) is 4.92. The second kappa shape index (κ2) is 8.69. The topological polar surface area (TPSA) is 74.2 Å². The summed E-state index contributed by atoms with van der Waals surface area (Å²) in [4.78, 5) is 30.2. The van der Waals surface area contributed by atoms with Gasteiger partial charge in [-0.05, 0) is 48.9 Å². The molecule has 0 fully saturated rings. The maximum Gasteiger partial charge on any atom is 0.226 e. The normalized spacial score (nSPS) is 10.8. The lowest BCUT2D eigenvalue weighted by Gasteiger charge is -2.18. The van der Waals surface area contributed by atoms with Gasteiger partial charge in [-0.1, -0.05) is 29.0 Å². The number of benzene rings is 1. The van der Waals surface area contributed by atoms with E-state index >= 15 is 0 Å². The van der Waals surface area contributed by atoms with Crippen molar-refractivity contribution in [2.24, 2.45) is 0 Å². The number of aromatic nitrogens is 3. The molecule has 1 aromatic carbocycles. The molecule has 0 unspecified atom stereocenters. The van der Waals surface area contributed by atoms with E-state index in [2.05, 4.69) is 51.4 Å². The Morgan fingerprint density at radius 3 is 2.55 bits per heavy atom. The number of nitrogens with one attached hydrogen (secondary N) is 1. The van der Waals surface area contributed by atoms with E-state index in [1.165, 1.54) is 16.9 Å². The molecule has 0 radical (unpaired) electrons. The SMILES string of the molecule is Cc1ccc(N(C)c2ccc3nc(Nc4cc(CC(=O)N(C)C)ccn4)sc3n2)cc1. The first-order valence-corrected chi connectivity index (χ1v) is 10.7. The first-order chi connectivity index (χ1) is 14.9. The van der Waals surface area contributed by atoms with Crippen LogP contribution >= 0.6 is 11.3 Å². The summed E-state index contributed by atoms with van der Waals surface area (Å²) in [5, 5.41) is 3.95. The predicted molar refractivity (Wildman–Crippen MR) is 127 cm³/mol. The standard InChI is InChI=1S/C23H24N6OS/c1-15-5-7-17(8-6-15)29(4)20-10-9-18-22(27-20)31-23(25-18)26-19-13-16(11-12-24-19)14-21(30)28(2)3/h5-13H,14H2,1-4H3,(H,24,25,26). The van der Waals surface area contributed by atoms with Crippen molar-refractivity contribution < 1.29 is 4.79 Å². The van der Waals surface area contributed by atoms with Gasteiger partial charge in [-0.2, -0.15) is 0 Å². The Morgan fingerprint density at radius 2 is 1.81 bits per heavy atom. The van der Waals surface area contributed by atoms with Crippen LogP contribution in [0.4, 0.5) is 22.5 Å². The van der Waals surface area contributed by atoms with Gasteiger partial charge in [0.25, 0.3) is 0 Å². The molecule has 4 rings (SSSR count). The highest BCUT2D eigenvalue weighted by Gasteiger charge is 2.11. The molecule has 0 spiro atoms. The van der Waals surface area contributed by atoms with Crippen molar-refractivity contribution in [1.29, 1.82) is 0 Å². The minimum Gasteiger partial charge on any atom is -0.349 e. The van der Waals surface area contributed by atoms with E-state index in [-0.39, 0.29) is 5.91 Å². The quantitative estimate of drug-likeness (QED) is 0.482. The van der Waals surface area contributed by atoms with Crippen LogP contribution in [0, 0.1) is 6.92 Å². The number of thiazole rings is 1. The molecule has 0 aliphatic rings. The first kappa shape index (κ1) is 20.7. The van der Waals surface area contributed by atoms with Gasteiger partial charge in [0.1, 0.15) is 22.0 Å². The van der Waals surface area contributed by atoms with Crippen LogP contribution < -0.4 is 10.2 Å². The van der Waals surface area contributed by atoms with Crippen LogP contribution in [0.5, 0.6) is 0 Å². The number of nitrogens with zero attached hydrogens (tertiary/aromatic N) is 5. The highest BCUT2D eigenvalue weighted by atomic mass is 32.1. The zero-order valence-corrected chi connectivity index (χ0v) is 18.8. The number of anilines is 4. The van der Waals surface area contributed by atoms with E-state index in [1.807, 2.05) is 31.3 Å². The monoisotopic (exact) mass is 432 g/mol. The zero-order chi connectivity index (χ0) is 22.0.